The Bertz CT molecular complexity index is 1300. The van der Waals surface area contributed by atoms with Crippen LogP contribution < -0.4 is 10.2 Å². The smallest absolute Gasteiger partial charge is 0.283 e. The molecule has 0 aliphatic carbocycles. The van der Waals surface area contributed by atoms with Crippen LogP contribution in [-0.4, -0.2) is 22.2 Å². The molecule has 0 aromatic heterocycles. The summed E-state index contributed by atoms with van der Waals surface area (Å²) in [5, 5.41) is 12.1. The minimum absolute atomic E-state index is 0.248. The topological polar surface area (TPSA) is 85.6 Å². The Morgan fingerprint density at radius 1 is 1.06 bits per heavy atom. The number of nitrogens with zero attached hydrogens (tertiary/aromatic N) is 3. The van der Waals surface area contributed by atoms with Gasteiger partial charge in [0.1, 0.15) is 11.8 Å². The van der Waals surface area contributed by atoms with Crippen molar-refractivity contribution in [3.63, 3.8) is 0 Å². The van der Waals surface area contributed by atoms with Crippen LogP contribution in [0.3, 0.4) is 0 Å². The molecule has 0 radical (unpaired) electrons. The molecular weight excluding hydrogens is 444 g/mol. The van der Waals surface area contributed by atoms with E-state index >= 15 is 0 Å². The summed E-state index contributed by atoms with van der Waals surface area (Å²) < 4.78 is 0. The highest BCUT2D eigenvalue weighted by molar-refractivity contribution is 8.15. The molecule has 0 spiro atoms. The number of anilines is 2. The first-order chi connectivity index (χ1) is 16.6. The van der Waals surface area contributed by atoms with Crippen molar-refractivity contribution in [2.24, 2.45) is 4.99 Å². The van der Waals surface area contributed by atoms with Gasteiger partial charge in [-0.2, -0.15) is 5.26 Å². The first-order valence-corrected chi connectivity index (χ1v) is 11.7. The number of nitrogens with one attached hydrogen (secondary N) is 1. The number of amidine groups is 1. The monoisotopic (exact) mass is 466 g/mol. The number of carbonyl (C=O) groups is 2. The molecule has 1 heterocycles. The number of benzene rings is 3. The average molecular weight is 467 g/mol. The minimum atomic E-state index is -0.513. The number of rotatable bonds is 6. The molecule has 4 rings (SSSR count). The third-order valence-electron chi connectivity index (χ3n) is 5.16. The number of thioether (sulfide) groups is 1. The molecule has 6 nitrogen and oxygen atoms in total. The Morgan fingerprint density at radius 3 is 2.38 bits per heavy atom. The molecule has 1 N–H and O–H groups in total. The van der Waals surface area contributed by atoms with Crippen molar-refractivity contribution in [1.82, 2.24) is 0 Å². The Labute approximate surface area is 202 Å². The fourth-order valence-corrected chi connectivity index (χ4v) is 4.47. The van der Waals surface area contributed by atoms with E-state index in [-0.39, 0.29) is 11.8 Å². The lowest BCUT2D eigenvalue weighted by atomic mass is 10.2. The maximum absolute atomic E-state index is 13.3. The van der Waals surface area contributed by atoms with Crippen molar-refractivity contribution in [2.75, 3.05) is 10.2 Å². The number of amides is 2. The molecule has 3 aromatic rings. The van der Waals surface area contributed by atoms with Crippen LogP contribution in [0, 0.1) is 11.3 Å². The van der Waals surface area contributed by atoms with Gasteiger partial charge in [-0.1, -0.05) is 79.3 Å². The molecule has 1 atom stereocenters. The first-order valence-electron chi connectivity index (χ1n) is 10.8. The maximum atomic E-state index is 13.3. The third-order valence-corrected chi connectivity index (χ3v) is 6.48. The van der Waals surface area contributed by atoms with Crippen molar-refractivity contribution in [2.45, 2.75) is 18.6 Å². The van der Waals surface area contributed by atoms with E-state index in [4.69, 9.17) is 0 Å². The van der Waals surface area contributed by atoms with Gasteiger partial charge in [0.05, 0.1) is 22.2 Å². The van der Waals surface area contributed by atoms with Crippen molar-refractivity contribution in [3.05, 3.63) is 102 Å². The molecule has 0 unspecified atom stereocenters. The Kier molecular flexibility index (Phi) is 7.21. The quantitative estimate of drug-likeness (QED) is 0.489. The predicted octanol–water partition coefficient (Wildman–Crippen LogP) is 5.45. The standard InChI is InChI=1S/C27H22N4O2S/c1-2-24(25(32)29-22-16-10-9-13-20(22)18-28)34-27-30-23(17-19-11-5-3-6-12-19)26(33)31(27)21-14-7-4-8-15-21/h3-17,24H,2H2,1H3,(H,29,32)/b23-17+/t24-/m0/s1. The molecule has 168 valence electrons. The molecule has 1 aliphatic rings. The summed E-state index contributed by atoms with van der Waals surface area (Å²) in [4.78, 5) is 32.6. The van der Waals surface area contributed by atoms with E-state index in [1.54, 1.807) is 35.2 Å². The first kappa shape index (κ1) is 23.0. The van der Waals surface area contributed by atoms with Crippen molar-refractivity contribution < 1.29 is 9.59 Å². The van der Waals surface area contributed by atoms with Crippen LogP contribution in [0.5, 0.6) is 0 Å². The Hall–Kier alpha value is -4.15. The van der Waals surface area contributed by atoms with E-state index in [9.17, 15) is 14.9 Å². The molecule has 2 amide bonds. The number of nitriles is 1. The summed E-state index contributed by atoms with van der Waals surface area (Å²) in [6, 6.07) is 27.7. The molecule has 0 saturated carbocycles. The van der Waals surface area contributed by atoms with E-state index in [0.29, 0.717) is 34.2 Å². The van der Waals surface area contributed by atoms with Crippen molar-refractivity contribution in [3.8, 4) is 6.07 Å². The number of aliphatic imine (C=N–C) groups is 1. The van der Waals surface area contributed by atoms with Gasteiger partial charge in [0.15, 0.2) is 5.17 Å². The summed E-state index contributed by atoms with van der Waals surface area (Å²) in [6.07, 6.45) is 2.26. The van der Waals surface area contributed by atoms with E-state index < -0.39 is 5.25 Å². The number of carbonyl (C=O) groups excluding carboxylic acids is 2. The van der Waals surface area contributed by atoms with E-state index in [1.807, 2.05) is 67.6 Å². The van der Waals surface area contributed by atoms with Gasteiger partial charge in [0.25, 0.3) is 5.91 Å². The minimum Gasteiger partial charge on any atom is -0.324 e. The maximum Gasteiger partial charge on any atom is 0.283 e. The predicted molar refractivity (Wildman–Crippen MR) is 137 cm³/mol. The molecule has 0 saturated heterocycles. The number of hydrogen-bond acceptors (Lipinski definition) is 5. The van der Waals surface area contributed by atoms with Crippen LogP contribution in [0.2, 0.25) is 0 Å². The van der Waals surface area contributed by atoms with Crippen LogP contribution in [0.25, 0.3) is 6.08 Å². The highest BCUT2D eigenvalue weighted by Gasteiger charge is 2.34. The fourth-order valence-electron chi connectivity index (χ4n) is 3.44. The molecule has 3 aromatic carbocycles. The van der Waals surface area contributed by atoms with Crippen LogP contribution in [0.1, 0.15) is 24.5 Å². The zero-order chi connectivity index (χ0) is 23.9. The zero-order valence-corrected chi connectivity index (χ0v) is 19.3. The van der Waals surface area contributed by atoms with Gasteiger partial charge in [0, 0.05) is 0 Å². The second-order valence-corrected chi connectivity index (χ2v) is 8.64. The highest BCUT2D eigenvalue weighted by Crippen LogP contribution is 2.32. The zero-order valence-electron chi connectivity index (χ0n) is 18.5. The molecule has 0 fully saturated rings. The van der Waals surface area contributed by atoms with E-state index in [1.165, 1.54) is 11.8 Å². The van der Waals surface area contributed by atoms with Gasteiger partial charge in [0.2, 0.25) is 5.91 Å². The number of para-hydroxylation sites is 2. The van der Waals surface area contributed by atoms with Gasteiger partial charge >= 0.3 is 0 Å². The molecule has 34 heavy (non-hydrogen) atoms. The Balaban J connectivity index is 1.63. The van der Waals surface area contributed by atoms with Gasteiger partial charge in [-0.15, -0.1) is 0 Å². The lowest BCUT2D eigenvalue weighted by Crippen LogP contribution is -2.34. The van der Waals surface area contributed by atoms with Crippen LogP contribution >= 0.6 is 11.8 Å². The fraction of sp³-hybridized carbons (Fsp3) is 0.111. The van der Waals surface area contributed by atoms with E-state index in [2.05, 4.69) is 16.4 Å². The molecule has 7 heteroatoms. The average Bonchev–Trinajstić information content (AvgIpc) is 3.18. The lowest BCUT2D eigenvalue weighted by Gasteiger charge is -2.21. The van der Waals surface area contributed by atoms with E-state index in [0.717, 1.165) is 5.56 Å². The second-order valence-electron chi connectivity index (χ2n) is 7.47. The lowest BCUT2D eigenvalue weighted by molar-refractivity contribution is -0.116. The van der Waals surface area contributed by atoms with Gasteiger partial charge < -0.3 is 5.32 Å². The largest absolute Gasteiger partial charge is 0.324 e. The van der Waals surface area contributed by atoms with Crippen LogP contribution in [-0.2, 0) is 9.59 Å². The molecule has 0 bridgehead atoms. The van der Waals surface area contributed by atoms with Gasteiger partial charge in [-0.25, -0.2) is 4.99 Å². The van der Waals surface area contributed by atoms with Crippen molar-refractivity contribution >= 4 is 46.2 Å². The van der Waals surface area contributed by atoms with Gasteiger partial charge in [-0.3, -0.25) is 14.5 Å². The summed E-state index contributed by atoms with van der Waals surface area (Å²) >= 11 is 1.23. The summed E-state index contributed by atoms with van der Waals surface area (Å²) in [5.41, 5.74) is 2.71. The summed E-state index contributed by atoms with van der Waals surface area (Å²) in [7, 11) is 0. The van der Waals surface area contributed by atoms with Crippen LogP contribution in [0.15, 0.2) is 95.6 Å². The molecule has 1 aliphatic heterocycles. The molecular formula is C27H22N4O2S. The van der Waals surface area contributed by atoms with Gasteiger partial charge in [-0.05, 0) is 42.3 Å². The third kappa shape index (κ3) is 5.08. The second kappa shape index (κ2) is 10.6. The normalized spacial score (nSPS) is 15.1. The highest BCUT2D eigenvalue weighted by atomic mass is 32.2. The van der Waals surface area contributed by atoms with Crippen LogP contribution in [0.4, 0.5) is 11.4 Å². The SMILES string of the molecule is CC[C@H](SC1=N/C(=C/c2ccccc2)C(=O)N1c1ccccc1)C(=O)Nc1ccccc1C#N. The summed E-state index contributed by atoms with van der Waals surface area (Å²) in [5.74, 6) is -0.499. The summed E-state index contributed by atoms with van der Waals surface area (Å²) in [6.45, 7) is 1.90. The number of hydrogen-bond donors (Lipinski definition) is 1. The Morgan fingerprint density at radius 2 is 1.71 bits per heavy atom. The van der Waals surface area contributed by atoms with Crippen molar-refractivity contribution in [1.29, 1.82) is 5.26 Å².